The average Bonchev–Trinajstić information content (AvgIpc) is 3.43. The van der Waals surface area contributed by atoms with E-state index in [2.05, 4.69) is 26.7 Å². The fourth-order valence-electron chi connectivity index (χ4n) is 3.42. The van der Waals surface area contributed by atoms with Gasteiger partial charge < -0.3 is 9.42 Å². The molecule has 4 rings (SSSR count). The lowest BCUT2D eigenvalue weighted by molar-refractivity contribution is 0.0671. The van der Waals surface area contributed by atoms with Crippen LogP contribution in [0.4, 0.5) is 0 Å². The third-order valence-corrected chi connectivity index (χ3v) is 6.19. The Morgan fingerprint density at radius 2 is 2.37 bits per heavy atom. The fraction of sp³-hybridized carbons (Fsp3) is 0.500. The van der Waals surface area contributed by atoms with E-state index >= 15 is 0 Å². The van der Waals surface area contributed by atoms with Crippen molar-refractivity contribution in [1.29, 1.82) is 0 Å². The van der Waals surface area contributed by atoms with E-state index in [4.69, 9.17) is 4.52 Å². The van der Waals surface area contributed by atoms with Crippen LogP contribution in [-0.4, -0.2) is 43.6 Å². The molecule has 1 saturated heterocycles. The zero-order valence-electron chi connectivity index (χ0n) is 15.1. The maximum Gasteiger partial charge on any atom is 0.267 e. The third-order valence-electron chi connectivity index (χ3n) is 4.75. The van der Waals surface area contributed by atoms with Crippen LogP contribution in [0, 0.1) is 5.92 Å². The summed E-state index contributed by atoms with van der Waals surface area (Å²) in [5.41, 5.74) is 1.81. The van der Waals surface area contributed by atoms with Crippen LogP contribution in [0.25, 0.3) is 11.4 Å². The predicted molar refractivity (Wildman–Crippen MR) is 104 cm³/mol. The first kappa shape index (κ1) is 18.2. The third kappa shape index (κ3) is 4.08. The number of hydrogen-bond acceptors (Lipinski definition) is 8. The van der Waals surface area contributed by atoms with Gasteiger partial charge >= 0.3 is 0 Å². The van der Waals surface area contributed by atoms with E-state index < -0.39 is 0 Å². The molecular formula is C18H21N5O2S2. The summed E-state index contributed by atoms with van der Waals surface area (Å²) in [6.07, 6.45) is 4.49. The molecule has 0 bridgehead atoms. The van der Waals surface area contributed by atoms with Crippen LogP contribution < -0.4 is 0 Å². The number of hydrogen-bond donors (Lipinski definition) is 0. The summed E-state index contributed by atoms with van der Waals surface area (Å²) >= 11 is 2.82. The van der Waals surface area contributed by atoms with E-state index in [0.29, 0.717) is 35.5 Å². The van der Waals surface area contributed by atoms with Gasteiger partial charge in [-0.3, -0.25) is 4.79 Å². The Kier molecular flexibility index (Phi) is 5.58. The molecule has 4 heterocycles. The van der Waals surface area contributed by atoms with Crippen molar-refractivity contribution in [3.8, 4) is 11.4 Å². The van der Waals surface area contributed by atoms with E-state index in [9.17, 15) is 4.79 Å². The van der Waals surface area contributed by atoms with Crippen molar-refractivity contribution in [2.75, 3.05) is 13.1 Å². The van der Waals surface area contributed by atoms with Gasteiger partial charge in [0.25, 0.3) is 5.91 Å². The first-order chi connectivity index (χ1) is 13.2. The number of carbonyl (C=O) groups is 1. The van der Waals surface area contributed by atoms with E-state index in [1.807, 2.05) is 21.7 Å². The molecule has 1 aliphatic heterocycles. The number of piperidine rings is 1. The lowest BCUT2D eigenvalue weighted by Crippen LogP contribution is -2.40. The van der Waals surface area contributed by atoms with Crippen molar-refractivity contribution in [1.82, 2.24) is 24.6 Å². The summed E-state index contributed by atoms with van der Waals surface area (Å²) in [6, 6.07) is 1.98. The van der Waals surface area contributed by atoms with Gasteiger partial charge in [-0.1, -0.05) is 23.0 Å². The molecule has 0 N–H and O–H groups in total. The van der Waals surface area contributed by atoms with Crippen molar-refractivity contribution < 1.29 is 9.32 Å². The Labute approximate surface area is 165 Å². The molecule has 1 fully saturated rings. The second kappa shape index (κ2) is 8.26. The van der Waals surface area contributed by atoms with Crippen molar-refractivity contribution >= 4 is 28.8 Å². The summed E-state index contributed by atoms with van der Waals surface area (Å²) < 4.78 is 9.41. The summed E-state index contributed by atoms with van der Waals surface area (Å²) in [6.45, 7) is 3.57. The second-order valence-electron chi connectivity index (χ2n) is 6.79. The Hall–Kier alpha value is -2.13. The van der Waals surface area contributed by atoms with Crippen LogP contribution in [0.15, 0.2) is 21.3 Å². The zero-order valence-corrected chi connectivity index (χ0v) is 16.8. The molecular weight excluding hydrogens is 382 g/mol. The minimum Gasteiger partial charge on any atom is -0.339 e. The molecule has 142 valence electrons. The average molecular weight is 404 g/mol. The van der Waals surface area contributed by atoms with Gasteiger partial charge in [0.2, 0.25) is 11.7 Å². The van der Waals surface area contributed by atoms with Gasteiger partial charge in [-0.25, -0.2) is 0 Å². The number of aromatic nitrogens is 4. The molecule has 0 spiro atoms. The molecule has 1 aliphatic rings. The van der Waals surface area contributed by atoms with Crippen LogP contribution >= 0.6 is 22.9 Å². The van der Waals surface area contributed by atoms with E-state index in [-0.39, 0.29) is 5.91 Å². The van der Waals surface area contributed by atoms with Crippen LogP contribution in [0.2, 0.25) is 0 Å². The predicted octanol–water partition coefficient (Wildman–Crippen LogP) is 3.70. The Morgan fingerprint density at radius 1 is 1.44 bits per heavy atom. The van der Waals surface area contributed by atoms with E-state index in [1.54, 1.807) is 11.3 Å². The topological polar surface area (TPSA) is 85.0 Å². The van der Waals surface area contributed by atoms with Crippen LogP contribution in [0.3, 0.4) is 0 Å². The van der Waals surface area contributed by atoms with Crippen LogP contribution in [0.5, 0.6) is 0 Å². The minimum absolute atomic E-state index is 0.0580. The van der Waals surface area contributed by atoms with Crippen molar-refractivity contribution in [3.05, 3.63) is 33.3 Å². The molecule has 0 aliphatic carbocycles. The second-order valence-corrected chi connectivity index (χ2v) is 8.32. The van der Waals surface area contributed by atoms with Crippen LogP contribution in [0.1, 0.15) is 47.4 Å². The molecule has 1 amide bonds. The standard InChI is InChI=1S/C18H21N5O2S2/c1-2-4-14-16(27-22-20-14)18(24)23-7-3-5-12(10-23)9-15-19-17(21-25-15)13-6-8-26-11-13/h6,8,11-12H,2-5,7,9-10H2,1H3. The molecule has 7 nitrogen and oxygen atoms in total. The van der Waals surface area contributed by atoms with Crippen molar-refractivity contribution in [2.45, 2.75) is 39.0 Å². The zero-order chi connectivity index (χ0) is 18.6. The molecule has 3 aromatic rings. The number of aryl methyl sites for hydroxylation is 1. The number of amides is 1. The van der Waals surface area contributed by atoms with E-state index in [0.717, 1.165) is 43.5 Å². The molecule has 1 unspecified atom stereocenters. The Morgan fingerprint density at radius 3 is 3.19 bits per heavy atom. The largest absolute Gasteiger partial charge is 0.339 e. The van der Waals surface area contributed by atoms with Crippen molar-refractivity contribution in [2.24, 2.45) is 5.92 Å². The molecule has 0 radical (unpaired) electrons. The number of carbonyl (C=O) groups excluding carboxylic acids is 1. The highest BCUT2D eigenvalue weighted by Gasteiger charge is 2.28. The molecule has 27 heavy (non-hydrogen) atoms. The van der Waals surface area contributed by atoms with Crippen LogP contribution in [-0.2, 0) is 12.8 Å². The van der Waals surface area contributed by atoms with Gasteiger partial charge in [-0.15, -0.1) is 5.10 Å². The Balaban J connectivity index is 1.41. The molecule has 3 aromatic heterocycles. The van der Waals surface area contributed by atoms with Gasteiger partial charge in [0.1, 0.15) is 4.88 Å². The molecule has 1 atom stereocenters. The Bertz CT molecular complexity index is 889. The fourth-order valence-corrected chi connectivity index (χ4v) is 4.74. The maximum atomic E-state index is 12.9. The van der Waals surface area contributed by atoms with Gasteiger partial charge in [0, 0.05) is 30.5 Å². The summed E-state index contributed by atoms with van der Waals surface area (Å²) in [5, 5.41) is 12.2. The monoisotopic (exact) mass is 403 g/mol. The van der Waals surface area contributed by atoms with Gasteiger partial charge in [-0.2, -0.15) is 16.3 Å². The summed E-state index contributed by atoms with van der Waals surface area (Å²) in [7, 11) is 0. The summed E-state index contributed by atoms with van der Waals surface area (Å²) in [4.78, 5) is 20.1. The van der Waals surface area contributed by atoms with Gasteiger partial charge in [0.05, 0.1) is 5.69 Å². The van der Waals surface area contributed by atoms with E-state index in [1.165, 1.54) is 11.5 Å². The molecule has 0 aromatic carbocycles. The number of rotatable bonds is 6. The minimum atomic E-state index is 0.0580. The smallest absolute Gasteiger partial charge is 0.267 e. The summed E-state index contributed by atoms with van der Waals surface area (Å²) in [5.74, 6) is 1.66. The molecule has 0 saturated carbocycles. The lowest BCUT2D eigenvalue weighted by atomic mass is 9.94. The first-order valence-electron chi connectivity index (χ1n) is 9.20. The highest BCUT2D eigenvalue weighted by Crippen LogP contribution is 2.25. The van der Waals surface area contributed by atoms with Crippen molar-refractivity contribution in [3.63, 3.8) is 0 Å². The SMILES string of the molecule is CCCc1nnsc1C(=O)N1CCCC(Cc2nc(-c3ccsc3)no2)C1. The molecule has 9 heteroatoms. The quantitative estimate of drug-likeness (QED) is 0.624. The normalized spacial score (nSPS) is 17.4. The first-order valence-corrected chi connectivity index (χ1v) is 10.9. The van der Waals surface area contributed by atoms with Gasteiger partial charge in [0.15, 0.2) is 0 Å². The number of nitrogens with zero attached hydrogens (tertiary/aromatic N) is 5. The lowest BCUT2D eigenvalue weighted by Gasteiger charge is -2.32. The van der Waals surface area contributed by atoms with Gasteiger partial charge in [-0.05, 0) is 48.2 Å². The number of likely N-dealkylation sites (tertiary alicyclic amines) is 1. The highest BCUT2D eigenvalue weighted by molar-refractivity contribution is 7.08. The maximum absolute atomic E-state index is 12.9. The number of thiophene rings is 1. The highest BCUT2D eigenvalue weighted by atomic mass is 32.1.